The largest absolute Gasteiger partial charge is 0.396 e. The van der Waals surface area contributed by atoms with Crippen molar-refractivity contribution in [1.29, 1.82) is 0 Å². The molecule has 94 valence electrons. The van der Waals surface area contributed by atoms with Gasteiger partial charge in [-0.15, -0.1) is 0 Å². The summed E-state index contributed by atoms with van der Waals surface area (Å²) in [5, 5.41) is 9.96. The molecule has 2 rings (SSSR count). The molecule has 1 aliphatic heterocycles. The number of piperidine rings is 1. The maximum absolute atomic E-state index is 9.96. The smallest absolute Gasteiger partial charge is 0.151 e. The summed E-state index contributed by atoms with van der Waals surface area (Å²) in [4.78, 5) is 6.54. The summed E-state index contributed by atoms with van der Waals surface area (Å²) < 4.78 is 0. The summed E-state index contributed by atoms with van der Waals surface area (Å²) in [5.41, 5.74) is 6.66. The number of hydrogen-bond donors (Lipinski definition) is 2. The molecule has 0 unspecified atom stereocenters. The number of rotatable bonds is 3. The number of hydrogen-bond acceptors (Lipinski definition) is 4. The Balaban J connectivity index is 2.10. The minimum atomic E-state index is -0.170. The highest BCUT2D eigenvalue weighted by molar-refractivity contribution is 5.62. The second kappa shape index (κ2) is 5.36. The Hall–Kier alpha value is -1.29. The van der Waals surface area contributed by atoms with Crippen molar-refractivity contribution in [2.45, 2.75) is 32.3 Å². The Kier molecular flexibility index (Phi) is 3.84. The van der Waals surface area contributed by atoms with Gasteiger partial charge in [-0.25, -0.2) is 4.98 Å². The highest BCUT2D eigenvalue weighted by atomic mass is 16.3. The molecule has 0 saturated carbocycles. The van der Waals surface area contributed by atoms with Gasteiger partial charge in [0, 0.05) is 25.2 Å². The molecular weight excluding hydrogens is 214 g/mol. The van der Waals surface area contributed by atoms with Gasteiger partial charge in [-0.1, -0.05) is 13.3 Å². The van der Waals surface area contributed by atoms with Gasteiger partial charge < -0.3 is 15.7 Å². The van der Waals surface area contributed by atoms with Gasteiger partial charge in [0.25, 0.3) is 0 Å². The molecule has 1 aromatic rings. The van der Waals surface area contributed by atoms with Crippen molar-refractivity contribution >= 4 is 11.5 Å². The number of nitrogen functional groups attached to an aromatic ring is 1. The molecule has 0 bridgehead atoms. The summed E-state index contributed by atoms with van der Waals surface area (Å²) in [6.45, 7) is 3.85. The van der Waals surface area contributed by atoms with Gasteiger partial charge in [-0.3, -0.25) is 0 Å². The van der Waals surface area contributed by atoms with E-state index < -0.39 is 0 Å². The first-order valence-corrected chi connectivity index (χ1v) is 6.36. The molecule has 0 spiro atoms. The van der Waals surface area contributed by atoms with E-state index in [1.165, 1.54) is 0 Å². The van der Waals surface area contributed by atoms with Crippen LogP contribution >= 0.6 is 0 Å². The fraction of sp³-hybridized carbons (Fsp3) is 0.615. The first kappa shape index (κ1) is 12.2. The zero-order valence-electron chi connectivity index (χ0n) is 10.3. The Morgan fingerprint density at radius 1 is 1.59 bits per heavy atom. The van der Waals surface area contributed by atoms with Gasteiger partial charge in [0.15, 0.2) is 5.82 Å². The minimum absolute atomic E-state index is 0.170. The molecule has 1 saturated heterocycles. The van der Waals surface area contributed by atoms with Crippen molar-refractivity contribution in [2.24, 2.45) is 5.92 Å². The molecule has 2 heterocycles. The van der Waals surface area contributed by atoms with E-state index in [1.807, 2.05) is 12.1 Å². The van der Waals surface area contributed by atoms with Crippen LogP contribution < -0.4 is 10.6 Å². The summed E-state index contributed by atoms with van der Waals surface area (Å²) in [6.07, 6.45) is 4.57. The van der Waals surface area contributed by atoms with E-state index in [0.29, 0.717) is 5.92 Å². The van der Waals surface area contributed by atoms with E-state index in [-0.39, 0.29) is 6.10 Å². The molecule has 0 amide bonds. The minimum Gasteiger partial charge on any atom is -0.396 e. The second-order valence-corrected chi connectivity index (χ2v) is 4.77. The average Bonchev–Trinajstić information content (AvgIpc) is 2.33. The second-order valence-electron chi connectivity index (χ2n) is 4.77. The summed E-state index contributed by atoms with van der Waals surface area (Å²) in [7, 11) is 0. The molecule has 2 atom stereocenters. The third kappa shape index (κ3) is 2.69. The lowest BCUT2D eigenvalue weighted by atomic mass is 9.91. The van der Waals surface area contributed by atoms with Crippen LogP contribution in [0, 0.1) is 5.92 Å². The normalized spacial score (nSPS) is 24.9. The van der Waals surface area contributed by atoms with Crippen molar-refractivity contribution in [1.82, 2.24) is 4.98 Å². The predicted molar refractivity (Wildman–Crippen MR) is 69.9 cm³/mol. The van der Waals surface area contributed by atoms with E-state index in [2.05, 4.69) is 16.8 Å². The van der Waals surface area contributed by atoms with Crippen LogP contribution in [-0.4, -0.2) is 29.3 Å². The predicted octanol–water partition coefficient (Wildman–Crippen LogP) is 1.65. The van der Waals surface area contributed by atoms with Crippen molar-refractivity contribution < 1.29 is 5.11 Å². The number of anilines is 2. The highest BCUT2D eigenvalue weighted by Gasteiger charge is 2.28. The summed E-state index contributed by atoms with van der Waals surface area (Å²) in [5.74, 6) is 1.20. The summed E-state index contributed by atoms with van der Waals surface area (Å²) in [6, 6.07) is 3.73. The van der Waals surface area contributed by atoms with E-state index in [9.17, 15) is 5.11 Å². The molecule has 17 heavy (non-hydrogen) atoms. The van der Waals surface area contributed by atoms with Crippen molar-refractivity contribution in [2.75, 3.05) is 23.7 Å². The lowest BCUT2D eigenvalue weighted by molar-refractivity contribution is 0.0828. The third-order valence-corrected chi connectivity index (χ3v) is 3.47. The van der Waals surface area contributed by atoms with Gasteiger partial charge >= 0.3 is 0 Å². The van der Waals surface area contributed by atoms with E-state index in [0.717, 1.165) is 43.9 Å². The van der Waals surface area contributed by atoms with Gasteiger partial charge in [0.1, 0.15) is 0 Å². The molecular formula is C13H21N3O. The monoisotopic (exact) mass is 235 g/mol. The molecule has 4 heteroatoms. The molecule has 0 radical (unpaired) electrons. The maximum atomic E-state index is 9.96. The van der Waals surface area contributed by atoms with Crippen LogP contribution in [0.4, 0.5) is 11.5 Å². The van der Waals surface area contributed by atoms with E-state index in [4.69, 9.17) is 5.73 Å². The Labute approximate surface area is 102 Å². The SMILES string of the molecule is CCC[C@@H]1CN(c2ncccc2N)CC[C@H]1O. The Bertz CT molecular complexity index is 369. The first-order valence-electron chi connectivity index (χ1n) is 6.36. The topological polar surface area (TPSA) is 62.4 Å². The van der Waals surface area contributed by atoms with Crippen LogP contribution in [-0.2, 0) is 0 Å². The molecule has 0 aromatic carbocycles. The average molecular weight is 235 g/mol. The van der Waals surface area contributed by atoms with Gasteiger partial charge in [0.05, 0.1) is 11.8 Å². The fourth-order valence-electron chi connectivity index (χ4n) is 2.54. The molecule has 1 fully saturated rings. The first-order chi connectivity index (χ1) is 8.22. The van der Waals surface area contributed by atoms with Crippen LogP contribution in [0.2, 0.25) is 0 Å². The standard InChI is InChI=1S/C13H21N3O/c1-2-4-10-9-16(8-6-12(10)17)13-11(14)5-3-7-15-13/h3,5,7,10,12,17H,2,4,6,8-9,14H2,1H3/t10-,12-/m1/s1. The van der Waals surface area contributed by atoms with Crippen LogP contribution in [0.15, 0.2) is 18.3 Å². The number of aliphatic hydroxyl groups excluding tert-OH is 1. The lowest BCUT2D eigenvalue weighted by Crippen LogP contribution is -2.43. The zero-order chi connectivity index (χ0) is 12.3. The zero-order valence-corrected chi connectivity index (χ0v) is 10.3. The van der Waals surface area contributed by atoms with Crippen LogP contribution in [0.5, 0.6) is 0 Å². The third-order valence-electron chi connectivity index (χ3n) is 3.47. The highest BCUT2D eigenvalue weighted by Crippen LogP contribution is 2.27. The summed E-state index contributed by atoms with van der Waals surface area (Å²) >= 11 is 0. The van der Waals surface area contributed by atoms with E-state index in [1.54, 1.807) is 6.20 Å². The van der Waals surface area contributed by atoms with Gasteiger partial charge in [-0.2, -0.15) is 0 Å². The number of nitrogens with two attached hydrogens (primary N) is 1. The maximum Gasteiger partial charge on any atom is 0.151 e. The van der Waals surface area contributed by atoms with Gasteiger partial charge in [-0.05, 0) is 25.0 Å². The number of nitrogens with zero attached hydrogens (tertiary/aromatic N) is 2. The number of aliphatic hydroxyl groups is 1. The molecule has 3 N–H and O–H groups in total. The van der Waals surface area contributed by atoms with Crippen molar-refractivity contribution in [3.63, 3.8) is 0 Å². The Morgan fingerprint density at radius 2 is 2.41 bits per heavy atom. The molecule has 1 aromatic heterocycles. The fourth-order valence-corrected chi connectivity index (χ4v) is 2.54. The van der Waals surface area contributed by atoms with Crippen LogP contribution in [0.1, 0.15) is 26.2 Å². The molecule has 4 nitrogen and oxygen atoms in total. The quantitative estimate of drug-likeness (QED) is 0.836. The van der Waals surface area contributed by atoms with Crippen LogP contribution in [0.3, 0.4) is 0 Å². The van der Waals surface area contributed by atoms with Crippen molar-refractivity contribution in [3.8, 4) is 0 Å². The number of aromatic nitrogens is 1. The van der Waals surface area contributed by atoms with Crippen molar-refractivity contribution in [3.05, 3.63) is 18.3 Å². The molecule has 1 aliphatic rings. The Morgan fingerprint density at radius 3 is 3.12 bits per heavy atom. The molecule has 0 aliphatic carbocycles. The van der Waals surface area contributed by atoms with Crippen LogP contribution in [0.25, 0.3) is 0 Å². The van der Waals surface area contributed by atoms with E-state index >= 15 is 0 Å². The lowest BCUT2D eigenvalue weighted by Gasteiger charge is -2.37. The number of pyridine rings is 1. The van der Waals surface area contributed by atoms with Gasteiger partial charge in [0.2, 0.25) is 0 Å².